The zero-order valence-electron chi connectivity index (χ0n) is 12.7. The van der Waals surface area contributed by atoms with Gasteiger partial charge in [0.1, 0.15) is 6.10 Å². The second-order valence-corrected chi connectivity index (χ2v) is 4.59. The monoisotopic (exact) mass is 302 g/mol. The van der Waals surface area contributed by atoms with Crippen LogP contribution in [0.15, 0.2) is 15.8 Å². The molecule has 1 aromatic heterocycles. The summed E-state index contributed by atoms with van der Waals surface area (Å²) in [6.07, 6.45) is 1.21. The Bertz CT molecular complexity index is 552. The molecule has 0 saturated carbocycles. The van der Waals surface area contributed by atoms with E-state index in [1.807, 2.05) is 0 Å². The quantitative estimate of drug-likeness (QED) is 0.770. The number of methoxy groups -OCH3 is 2. The topological polar surface area (TPSA) is 103 Å². The number of hydrogen-bond acceptors (Lipinski definition) is 6. The van der Waals surface area contributed by atoms with Gasteiger partial charge in [-0.3, -0.25) is 14.3 Å². The number of nitrogens with one attached hydrogen (secondary N) is 1. The second-order valence-electron chi connectivity index (χ2n) is 4.59. The van der Waals surface area contributed by atoms with E-state index in [-0.39, 0.29) is 17.8 Å². The van der Waals surface area contributed by atoms with Gasteiger partial charge in [0, 0.05) is 39.5 Å². The lowest BCUT2D eigenvalue weighted by molar-refractivity contribution is -0.0666. The van der Waals surface area contributed by atoms with Crippen LogP contribution in [0.25, 0.3) is 0 Å². The molecule has 1 aliphatic heterocycles. The summed E-state index contributed by atoms with van der Waals surface area (Å²) < 4.78 is 17.5. The minimum Gasteiger partial charge on any atom is -0.400 e. The maximum absolute atomic E-state index is 11.8. The fourth-order valence-corrected chi connectivity index (χ4v) is 2.24. The molecule has 3 atom stereocenters. The van der Waals surface area contributed by atoms with Gasteiger partial charge in [-0.1, -0.05) is 0 Å². The zero-order chi connectivity index (χ0) is 16.0. The highest BCUT2D eigenvalue weighted by atomic mass is 16.6. The third-order valence-electron chi connectivity index (χ3n) is 3.22. The van der Waals surface area contributed by atoms with Crippen LogP contribution in [0, 0.1) is 6.92 Å². The van der Waals surface area contributed by atoms with Gasteiger partial charge in [-0.25, -0.2) is 4.79 Å². The Labute approximate surface area is 122 Å². The average molecular weight is 302 g/mol. The van der Waals surface area contributed by atoms with Gasteiger partial charge >= 0.3 is 5.69 Å². The van der Waals surface area contributed by atoms with Crippen molar-refractivity contribution >= 4 is 0 Å². The smallest absolute Gasteiger partial charge is 0.330 e. The van der Waals surface area contributed by atoms with Crippen molar-refractivity contribution < 1.29 is 19.3 Å². The first-order valence-corrected chi connectivity index (χ1v) is 6.50. The SMILES string of the molecule is CO.COC[C@@H]1CC(OC)[C@H](n2cc(C)c(=O)[nH]c2=O)O1. The Morgan fingerprint density at radius 1 is 1.43 bits per heavy atom. The van der Waals surface area contributed by atoms with Crippen molar-refractivity contribution in [3.05, 3.63) is 32.6 Å². The average Bonchev–Trinajstić information content (AvgIpc) is 2.88. The number of nitrogens with zero attached hydrogens (tertiary/aromatic N) is 1. The van der Waals surface area contributed by atoms with Gasteiger partial charge in [0.15, 0.2) is 6.23 Å². The molecule has 0 bridgehead atoms. The van der Waals surface area contributed by atoms with E-state index < -0.39 is 11.9 Å². The fourth-order valence-electron chi connectivity index (χ4n) is 2.24. The van der Waals surface area contributed by atoms with Gasteiger partial charge in [-0.2, -0.15) is 0 Å². The van der Waals surface area contributed by atoms with E-state index in [2.05, 4.69) is 4.98 Å². The maximum Gasteiger partial charge on any atom is 0.330 e. The van der Waals surface area contributed by atoms with E-state index in [1.54, 1.807) is 21.1 Å². The Kier molecular flexibility index (Phi) is 6.76. The first-order chi connectivity index (χ1) is 10.1. The van der Waals surface area contributed by atoms with Crippen molar-refractivity contribution in [2.75, 3.05) is 27.9 Å². The molecular formula is C13H22N2O6. The Morgan fingerprint density at radius 3 is 2.67 bits per heavy atom. The Morgan fingerprint density at radius 2 is 2.10 bits per heavy atom. The molecule has 1 aromatic rings. The highest BCUT2D eigenvalue weighted by Crippen LogP contribution is 2.29. The van der Waals surface area contributed by atoms with E-state index in [4.69, 9.17) is 19.3 Å². The first-order valence-electron chi connectivity index (χ1n) is 6.50. The molecule has 1 fully saturated rings. The number of rotatable bonds is 4. The summed E-state index contributed by atoms with van der Waals surface area (Å²) in [5, 5.41) is 7.00. The molecule has 21 heavy (non-hydrogen) atoms. The predicted molar refractivity (Wildman–Crippen MR) is 75.4 cm³/mol. The highest BCUT2D eigenvalue weighted by molar-refractivity contribution is 5.02. The molecule has 8 nitrogen and oxygen atoms in total. The molecule has 0 aliphatic carbocycles. The van der Waals surface area contributed by atoms with Crippen molar-refractivity contribution in [2.24, 2.45) is 0 Å². The predicted octanol–water partition coefficient (Wildman–Crippen LogP) is -0.598. The molecule has 2 rings (SSSR count). The van der Waals surface area contributed by atoms with Crippen molar-refractivity contribution in [1.82, 2.24) is 9.55 Å². The van der Waals surface area contributed by atoms with Crippen LogP contribution in [0.4, 0.5) is 0 Å². The van der Waals surface area contributed by atoms with Crippen molar-refractivity contribution in [1.29, 1.82) is 0 Å². The van der Waals surface area contributed by atoms with E-state index in [9.17, 15) is 9.59 Å². The van der Waals surface area contributed by atoms with Crippen LogP contribution in [0.1, 0.15) is 18.2 Å². The molecule has 2 N–H and O–H groups in total. The first kappa shape index (κ1) is 17.6. The standard InChI is InChI=1S/C12H18N2O5.CH4O/c1-7-5-14(12(16)13-10(7)15)11-9(18-3)4-8(19-11)6-17-2;1-2/h5,8-9,11H,4,6H2,1-3H3,(H,13,15,16);2H,1H3/t8-,9?,11+;/m0./s1. The zero-order valence-corrected chi connectivity index (χ0v) is 12.7. The largest absolute Gasteiger partial charge is 0.400 e. The van der Waals surface area contributed by atoms with Gasteiger partial charge < -0.3 is 19.3 Å². The number of hydrogen-bond donors (Lipinski definition) is 2. The molecule has 8 heteroatoms. The molecule has 0 spiro atoms. The number of aliphatic hydroxyl groups excluding tert-OH is 1. The number of H-pyrrole nitrogens is 1. The van der Waals surface area contributed by atoms with E-state index in [0.717, 1.165) is 7.11 Å². The summed E-state index contributed by atoms with van der Waals surface area (Å²) in [6.45, 7) is 2.08. The van der Waals surface area contributed by atoms with E-state index in [0.29, 0.717) is 18.6 Å². The molecule has 0 amide bonds. The lowest BCUT2D eigenvalue weighted by atomic mass is 10.2. The maximum atomic E-state index is 11.8. The number of aromatic amines is 1. The Hall–Kier alpha value is -1.48. The summed E-state index contributed by atoms with van der Waals surface area (Å²) in [5.41, 5.74) is -0.435. The Balaban J connectivity index is 0.00000106. The number of aromatic nitrogens is 2. The molecule has 1 unspecified atom stereocenters. The van der Waals surface area contributed by atoms with Gasteiger partial charge in [0.05, 0.1) is 12.7 Å². The molecule has 0 radical (unpaired) electrons. The molecule has 1 saturated heterocycles. The molecule has 120 valence electrons. The highest BCUT2D eigenvalue weighted by Gasteiger charge is 2.37. The van der Waals surface area contributed by atoms with E-state index in [1.165, 1.54) is 10.8 Å². The molecule has 1 aliphatic rings. The van der Waals surface area contributed by atoms with Crippen LogP contribution >= 0.6 is 0 Å². The van der Waals surface area contributed by atoms with Crippen molar-refractivity contribution in [3.63, 3.8) is 0 Å². The van der Waals surface area contributed by atoms with Crippen LogP contribution in [0.5, 0.6) is 0 Å². The van der Waals surface area contributed by atoms with Crippen LogP contribution in [0.3, 0.4) is 0 Å². The van der Waals surface area contributed by atoms with E-state index >= 15 is 0 Å². The summed E-state index contributed by atoms with van der Waals surface area (Å²) in [5.74, 6) is 0. The lowest BCUT2D eigenvalue weighted by Gasteiger charge is -2.19. The normalized spacial score (nSPS) is 24.5. The molecular weight excluding hydrogens is 280 g/mol. The summed E-state index contributed by atoms with van der Waals surface area (Å²) in [7, 11) is 4.16. The second kappa shape index (κ2) is 8.08. The van der Waals surface area contributed by atoms with Crippen LogP contribution in [-0.2, 0) is 14.2 Å². The number of aliphatic hydroxyl groups is 1. The third kappa shape index (κ3) is 4.01. The molecule has 0 aromatic carbocycles. The van der Waals surface area contributed by atoms with Gasteiger partial charge in [-0.15, -0.1) is 0 Å². The van der Waals surface area contributed by atoms with Crippen LogP contribution in [0.2, 0.25) is 0 Å². The van der Waals surface area contributed by atoms with Crippen molar-refractivity contribution in [2.45, 2.75) is 31.8 Å². The molecule has 2 heterocycles. The van der Waals surface area contributed by atoms with Gasteiger partial charge in [0.25, 0.3) is 5.56 Å². The fraction of sp³-hybridized carbons (Fsp3) is 0.692. The summed E-state index contributed by atoms with van der Waals surface area (Å²) >= 11 is 0. The number of aryl methyl sites for hydroxylation is 1. The summed E-state index contributed by atoms with van der Waals surface area (Å²) in [6, 6.07) is 0. The van der Waals surface area contributed by atoms with Crippen molar-refractivity contribution in [3.8, 4) is 0 Å². The van der Waals surface area contributed by atoms with Crippen LogP contribution in [-0.4, -0.2) is 54.8 Å². The van der Waals surface area contributed by atoms with Crippen LogP contribution < -0.4 is 11.2 Å². The number of ether oxygens (including phenoxy) is 3. The summed E-state index contributed by atoms with van der Waals surface area (Å²) in [4.78, 5) is 25.5. The minimum absolute atomic E-state index is 0.126. The lowest BCUT2D eigenvalue weighted by Crippen LogP contribution is -2.36. The third-order valence-corrected chi connectivity index (χ3v) is 3.22. The minimum atomic E-state index is -0.548. The van der Waals surface area contributed by atoms with Gasteiger partial charge in [-0.05, 0) is 6.92 Å². The van der Waals surface area contributed by atoms with Gasteiger partial charge in [0.2, 0.25) is 0 Å².